The Kier molecular flexibility index (Phi) is 31.3. The van der Waals surface area contributed by atoms with Gasteiger partial charge in [-0.2, -0.15) is 0 Å². The second-order valence-electron chi connectivity index (χ2n) is 30.5. The number of rotatable bonds is 37. The summed E-state index contributed by atoms with van der Waals surface area (Å²) in [5.41, 5.74) is 6.88. The molecule has 5 amide bonds. The van der Waals surface area contributed by atoms with E-state index in [2.05, 4.69) is 41.6 Å². The van der Waals surface area contributed by atoms with Gasteiger partial charge in [0.2, 0.25) is 0 Å². The largest absolute Gasteiger partial charge is 0.493 e. The zero-order valence-corrected chi connectivity index (χ0v) is 71.9. The fraction of sp³-hybridized carbons (Fsp3) is 0.425. The lowest BCUT2D eigenvalue weighted by Crippen LogP contribution is -2.44. The highest BCUT2D eigenvalue weighted by Gasteiger charge is 2.49. The SMILES string of the molecule is C=C1C[C@@H](CO)N(C(=O)c2cc(OC)c(OCCCCCOc3cc4c(cc3OC)C(=O)N3CC(=C)C[C@H]3C(=O)C4)cc2NC(=O)OCCCSSc2ccc([N+](=O)[O-])cn2)C1.C=C1C[C@H]2C(=O)Cc3cc(OCCCCCOc4cc5c(cc4C)C(=O)N4CC(=C)C[C@H]4[C@H](O)C5C(=O)OCCCSSc4ccc([N+](=O)[O-])cn4)c(OC)cc3C(=O)N2C1. The van der Waals surface area contributed by atoms with Gasteiger partial charge in [-0.1, -0.05) is 70.2 Å². The van der Waals surface area contributed by atoms with Gasteiger partial charge in [-0.3, -0.25) is 59.1 Å². The van der Waals surface area contributed by atoms with Crippen LogP contribution in [0.15, 0.2) is 144 Å². The van der Waals surface area contributed by atoms with E-state index in [0.29, 0.717) is 193 Å². The molecule has 4 fully saturated rings. The van der Waals surface area contributed by atoms with Crippen molar-refractivity contribution in [3.63, 3.8) is 0 Å². The number of aliphatic hydroxyl groups excluding tert-OH is 2. The van der Waals surface area contributed by atoms with Crippen molar-refractivity contribution in [3.05, 3.63) is 199 Å². The second kappa shape index (κ2) is 42.3. The molecule has 652 valence electrons. The van der Waals surface area contributed by atoms with Gasteiger partial charge in [0.25, 0.3) is 35.0 Å². The van der Waals surface area contributed by atoms with Crippen LogP contribution in [-0.2, 0) is 36.7 Å². The van der Waals surface area contributed by atoms with E-state index in [-0.39, 0.29) is 116 Å². The first kappa shape index (κ1) is 91.0. The molecule has 7 aliphatic heterocycles. The normalized spacial score (nSPS) is 18.8. The smallest absolute Gasteiger partial charge is 0.411 e. The van der Waals surface area contributed by atoms with Crippen molar-refractivity contribution in [3.8, 4) is 40.2 Å². The van der Waals surface area contributed by atoms with Crippen molar-refractivity contribution in [1.82, 2.24) is 29.6 Å². The summed E-state index contributed by atoms with van der Waals surface area (Å²) in [6, 6.07) is 17.0. The third-order valence-corrected chi connectivity index (χ3v) is 26.5. The van der Waals surface area contributed by atoms with Crippen LogP contribution in [0.4, 0.5) is 21.9 Å². The highest BCUT2D eigenvalue weighted by molar-refractivity contribution is 8.77. The number of nitrogens with zero attached hydrogens (tertiary/aromatic N) is 8. The number of esters is 1. The summed E-state index contributed by atoms with van der Waals surface area (Å²) in [5.74, 6) is 1.02. The number of hydrogen-bond acceptors (Lipinski definition) is 29. The lowest BCUT2D eigenvalue weighted by atomic mass is 9.86. The van der Waals surface area contributed by atoms with Crippen molar-refractivity contribution >= 4 is 107 Å². The second-order valence-corrected chi connectivity index (χ2v) is 35.4. The summed E-state index contributed by atoms with van der Waals surface area (Å²) in [4.78, 5) is 143. The van der Waals surface area contributed by atoms with Gasteiger partial charge >= 0.3 is 12.1 Å². The van der Waals surface area contributed by atoms with Crippen LogP contribution in [0.3, 0.4) is 0 Å². The highest BCUT2D eigenvalue weighted by atomic mass is 33.1. The summed E-state index contributed by atoms with van der Waals surface area (Å²) >= 11 is 0. The molecule has 4 saturated heterocycles. The number of pyridine rings is 2. The quantitative estimate of drug-likeness (QED) is 0.00814. The first-order valence-electron chi connectivity index (χ1n) is 40.2. The number of nitro groups is 2. The number of nitrogens with one attached hydrogen (secondary N) is 1. The number of fused-ring (bicyclic) bond motifs is 6. The van der Waals surface area contributed by atoms with E-state index >= 15 is 0 Å². The molecule has 6 aromatic rings. The van der Waals surface area contributed by atoms with Gasteiger partial charge in [-0.15, -0.1) is 0 Å². The maximum absolute atomic E-state index is 13.9. The molecule has 0 aliphatic carbocycles. The molecule has 123 heavy (non-hydrogen) atoms. The monoisotopic (exact) mass is 1760 g/mol. The standard InChI is InChI=1S/C44H48N4O11S2.C43H49N5O12S2/c1-25-15-33-35(49)18-28-19-38(37(56-4)20-30(28)42(51)46(33)23-25)58-12-7-5-6-11-57-36-21-31-32(17-27(36)3)43(52)47-24-26(2)16-34(47)41(50)40(31)44(53)59-13-8-14-60-61-39-10-9-29(22-45-39)48(54)55;1-26-15-30(25-49)46(23-26)42(52)32-20-37(57-4)39(21-33(32)45-43(53)60-13-8-14-61-62-40-10-9-29(22-44-40)48(54)55)59-12-7-5-6-11-58-38-18-28-17-35(50)34-16-27(2)24-47(34)41(51)31(28)19-36(38)56-3/h9-10,17,19-22,33-34,40-41,50H,1-2,5-8,11-16,18,23-24H2,3-4H3;9-10,18-22,30,34,49H,1-2,5-8,11-17,23-25H2,3-4H3,(H,45,53)/t33-,34-,40?,41-;30-,34-/m00/s1. The van der Waals surface area contributed by atoms with Crippen LogP contribution in [-0.4, -0.2) is 232 Å². The van der Waals surface area contributed by atoms with Gasteiger partial charge in [0.1, 0.15) is 34.1 Å². The summed E-state index contributed by atoms with van der Waals surface area (Å²) < 4.78 is 52.4. The first-order chi connectivity index (χ1) is 59.2. The van der Waals surface area contributed by atoms with Crippen molar-refractivity contribution in [2.45, 2.75) is 143 Å². The van der Waals surface area contributed by atoms with E-state index in [1.165, 1.54) is 106 Å². The average molecular weight is 1770 g/mol. The van der Waals surface area contributed by atoms with E-state index < -0.39 is 64.0 Å². The van der Waals surface area contributed by atoms with Crippen molar-refractivity contribution in [1.29, 1.82) is 0 Å². The van der Waals surface area contributed by atoms with E-state index in [1.54, 1.807) is 63.2 Å². The number of hydrogen-bond donors (Lipinski definition) is 3. The lowest BCUT2D eigenvalue weighted by molar-refractivity contribution is -0.385. The molecule has 3 N–H and O–H groups in total. The molecule has 32 nitrogen and oxygen atoms in total. The molecule has 0 bridgehead atoms. The number of methoxy groups -OCH3 is 3. The molecular weight excluding hydrogens is 1670 g/mol. The Morgan fingerprint density at radius 2 is 1.00 bits per heavy atom. The Bertz CT molecular complexity index is 5070. The van der Waals surface area contributed by atoms with Crippen LogP contribution in [0.1, 0.15) is 147 Å². The van der Waals surface area contributed by atoms with Gasteiger partial charge in [0.05, 0.1) is 119 Å². The molecule has 0 radical (unpaired) electrons. The summed E-state index contributed by atoms with van der Waals surface area (Å²) in [6.07, 6.45) is 7.51. The number of benzene rings is 4. The minimum absolute atomic E-state index is 0.0182. The predicted octanol–water partition coefficient (Wildman–Crippen LogP) is 13.1. The number of ketones is 2. The highest BCUT2D eigenvalue weighted by Crippen LogP contribution is 2.44. The van der Waals surface area contributed by atoms with Crippen molar-refractivity contribution in [2.75, 3.05) is 111 Å². The van der Waals surface area contributed by atoms with Gasteiger partial charge in [0, 0.05) is 85.4 Å². The number of carbonyl (C=O) groups excluding carboxylic acids is 8. The maximum Gasteiger partial charge on any atom is 0.411 e. The Hall–Kier alpha value is -11.2. The van der Waals surface area contributed by atoms with Gasteiger partial charge in [-0.05, 0) is 182 Å². The van der Waals surface area contributed by atoms with E-state index in [0.717, 1.165) is 28.7 Å². The summed E-state index contributed by atoms with van der Waals surface area (Å²) in [7, 11) is 10.1. The van der Waals surface area contributed by atoms with E-state index in [4.69, 9.17) is 42.6 Å². The number of aryl methyl sites for hydroxylation is 1. The number of Topliss-reactive ketones (excluding diaryl/α,β-unsaturated/α-hetero) is 2. The number of anilines is 1. The molecule has 2 aromatic heterocycles. The van der Waals surface area contributed by atoms with Crippen molar-refractivity contribution in [2.24, 2.45) is 0 Å². The number of likely N-dealkylation sites (tertiary alicyclic amines) is 1. The lowest BCUT2D eigenvalue weighted by Gasteiger charge is -2.28. The van der Waals surface area contributed by atoms with E-state index in [1.807, 2.05) is 6.92 Å². The summed E-state index contributed by atoms with van der Waals surface area (Å²) in [5, 5.41) is 47.3. The van der Waals surface area contributed by atoms with Gasteiger partial charge in [0.15, 0.2) is 46.1 Å². The first-order valence-corrected chi connectivity index (χ1v) is 44.8. The number of ether oxygens (including phenoxy) is 9. The number of aromatic nitrogens is 2. The van der Waals surface area contributed by atoms with Crippen LogP contribution in [0.25, 0.3) is 0 Å². The summed E-state index contributed by atoms with van der Waals surface area (Å²) in [6.45, 7) is 20.3. The minimum atomic E-state index is -1.23. The molecule has 13 rings (SSSR count). The van der Waals surface area contributed by atoms with Crippen molar-refractivity contribution < 1.29 is 101 Å². The molecule has 4 aromatic carbocycles. The Morgan fingerprint density at radius 1 is 0.537 bits per heavy atom. The Balaban J connectivity index is 0.000000225. The predicted molar refractivity (Wildman–Crippen MR) is 461 cm³/mol. The number of aliphatic hydroxyl groups is 2. The average Bonchev–Trinajstić information content (AvgIpc) is 1.61. The van der Waals surface area contributed by atoms with Crippen LogP contribution >= 0.6 is 43.2 Å². The fourth-order valence-corrected chi connectivity index (χ4v) is 19.4. The van der Waals surface area contributed by atoms with Gasteiger partial charge in [-0.25, -0.2) is 14.8 Å². The molecule has 0 spiro atoms. The third-order valence-electron chi connectivity index (χ3n) is 21.8. The minimum Gasteiger partial charge on any atom is -0.493 e. The number of unbranched alkanes of at least 4 members (excludes halogenated alkanes) is 4. The molecule has 9 heterocycles. The molecule has 6 atom stereocenters. The molecule has 1 unspecified atom stereocenters. The Labute approximate surface area is 726 Å². The number of carbonyl (C=O) groups is 8. The van der Waals surface area contributed by atoms with Gasteiger partial charge < -0.3 is 72.4 Å². The molecule has 7 aliphatic rings. The Morgan fingerprint density at radius 3 is 1.49 bits per heavy atom. The van der Waals surface area contributed by atoms with E-state index in [9.17, 15) is 68.8 Å². The van der Waals surface area contributed by atoms with Crippen LogP contribution in [0.2, 0.25) is 0 Å². The van der Waals surface area contributed by atoms with Crippen LogP contribution in [0, 0.1) is 27.2 Å². The fourth-order valence-electron chi connectivity index (χ4n) is 15.6. The zero-order valence-electron chi connectivity index (χ0n) is 68.6. The van der Waals surface area contributed by atoms with Crippen LogP contribution < -0.4 is 38.5 Å². The van der Waals surface area contributed by atoms with Crippen LogP contribution in [0.5, 0.6) is 40.2 Å². The molecule has 0 saturated carbocycles. The molecule has 36 heteroatoms. The topological polar surface area (TPSA) is 397 Å². The maximum atomic E-state index is 13.9. The third kappa shape index (κ3) is 22.3. The molecular formula is C87H97N9O23S4. The number of amides is 5. The zero-order chi connectivity index (χ0) is 87.7.